The third-order valence-electron chi connectivity index (χ3n) is 4.62. The molecule has 26 heavy (non-hydrogen) atoms. The van der Waals surface area contributed by atoms with E-state index in [1.165, 1.54) is 12.1 Å². The molecule has 2 amide bonds. The molecule has 1 aliphatic rings. The SMILES string of the molecule is Cc1cc(Br)ccc1NC(=O)[C@H]1CC(=O)N(CCc2ccc(F)cc2)C1. The molecule has 0 aliphatic carbocycles. The Morgan fingerprint density at radius 3 is 2.69 bits per heavy atom. The third-order valence-corrected chi connectivity index (χ3v) is 5.11. The lowest BCUT2D eigenvalue weighted by Gasteiger charge is -2.17. The van der Waals surface area contributed by atoms with Crippen LogP contribution in [-0.2, 0) is 16.0 Å². The van der Waals surface area contributed by atoms with Crippen molar-refractivity contribution < 1.29 is 14.0 Å². The van der Waals surface area contributed by atoms with Crippen molar-refractivity contribution in [1.29, 1.82) is 0 Å². The maximum atomic E-state index is 12.9. The number of benzene rings is 2. The van der Waals surface area contributed by atoms with Gasteiger partial charge >= 0.3 is 0 Å². The van der Waals surface area contributed by atoms with Gasteiger partial charge in [-0.3, -0.25) is 9.59 Å². The van der Waals surface area contributed by atoms with E-state index in [9.17, 15) is 14.0 Å². The second kappa shape index (κ2) is 7.99. The van der Waals surface area contributed by atoms with E-state index in [1.54, 1.807) is 17.0 Å². The molecule has 136 valence electrons. The fourth-order valence-electron chi connectivity index (χ4n) is 3.08. The molecule has 3 rings (SSSR count). The quantitative estimate of drug-likeness (QED) is 0.799. The number of carbonyl (C=O) groups is 2. The van der Waals surface area contributed by atoms with Gasteiger partial charge in [-0.1, -0.05) is 28.1 Å². The lowest BCUT2D eigenvalue weighted by molar-refractivity contribution is -0.128. The molecule has 2 aromatic carbocycles. The highest BCUT2D eigenvalue weighted by molar-refractivity contribution is 9.10. The van der Waals surface area contributed by atoms with Crippen LogP contribution in [0.1, 0.15) is 17.5 Å². The van der Waals surface area contributed by atoms with Gasteiger partial charge in [-0.15, -0.1) is 0 Å². The Morgan fingerprint density at radius 1 is 1.27 bits per heavy atom. The van der Waals surface area contributed by atoms with Gasteiger partial charge in [0.1, 0.15) is 5.82 Å². The zero-order valence-corrected chi connectivity index (χ0v) is 16.1. The maximum absolute atomic E-state index is 12.9. The third kappa shape index (κ3) is 4.49. The minimum Gasteiger partial charge on any atom is -0.342 e. The first kappa shape index (κ1) is 18.6. The summed E-state index contributed by atoms with van der Waals surface area (Å²) >= 11 is 3.40. The lowest BCUT2D eigenvalue weighted by atomic mass is 10.1. The number of hydrogen-bond acceptors (Lipinski definition) is 2. The van der Waals surface area contributed by atoms with Gasteiger partial charge in [0.2, 0.25) is 11.8 Å². The number of halogens is 2. The summed E-state index contributed by atoms with van der Waals surface area (Å²) < 4.78 is 13.9. The zero-order valence-electron chi connectivity index (χ0n) is 14.5. The zero-order chi connectivity index (χ0) is 18.7. The number of aryl methyl sites for hydroxylation is 1. The van der Waals surface area contributed by atoms with Gasteiger partial charge in [-0.05, 0) is 54.8 Å². The van der Waals surface area contributed by atoms with Crippen LogP contribution in [0, 0.1) is 18.7 Å². The molecule has 1 atom stereocenters. The van der Waals surface area contributed by atoms with E-state index in [1.807, 2.05) is 25.1 Å². The topological polar surface area (TPSA) is 49.4 Å². The van der Waals surface area contributed by atoms with Crippen molar-refractivity contribution in [3.05, 3.63) is 63.9 Å². The second-order valence-electron chi connectivity index (χ2n) is 6.57. The molecule has 4 nitrogen and oxygen atoms in total. The summed E-state index contributed by atoms with van der Waals surface area (Å²) in [5, 5.41) is 2.92. The molecule has 0 spiro atoms. The molecule has 2 aromatic rings. The summed E-state index contributed by atoms with van der Waals surface area (Å²) in [5.74, 6) is -0.766. The first-order chi connectivity index (χ1) is 12.4. The smallest absolute Gasteiger partial charge is 0.229 e. The highest BCUT2D eigenvalue weighted by atomic mass is 79.9. The number of nitrogens with zero attached hydrogens (tertiary/aromatic N) is 1. The Labute approximate surface area is 160 Å². The molecule has 1 aliphatic heterocycles. The standard InChI is InChI=1S/C20H20BrFN2O2/c1-13-10-16(21)4-7-18(13)23-20(26)15-11-19(25)24(12-15)9-8-14-2-5-17(22)6-3-14/h2-7,10,15H,8-9,11-12H2,1H3,(H,23,26)/t15-/m0/s1. The molecule has 1 fully saturated rings. The normalized spacial score (nSPS) is 16.8. The number of carbonyl (C=O) groups excluding carboxylic acids is 2. The van der Waals surface area contributed by atoms with Crippen LogP contribution in [0.3, 0.4) is 0 Å². The van der Waals surface area contributed by atoms with Crippen LogP contribution in [0.4, 0.5) is 10.1 Å². The highest BCUT2D eigenvalue weighted by Gasteiger charge is 2.34. The van der Waals surface area contributed by atoms with Gasteiger partial charge in [0, 0.05) is 29.7 Å². The summed E-state index contributed by atoms with van der Waals surface area (Å²) in [6.07, 6.45) is 0.872. The molecular formula is C20H20BrFN2O2. The fourth-order valence-corrected chi connectivity index (χ4v) is 3.56. The fraction of sp³-hybridized carbons (Fsp3) is 0.300. The van der Waals surface area contributed by atoms with E-state index in [0.717, 1.165) is 21.3 Å². The lowest BCUT2D eigenvalue weighted by Crippen LogP contribution is -2.30. The van der Waals surface area contributed by atoms with E-state index in [4.69, 9.17) is 0 Å². The van der Waals surface area contributed by atoms with Gasteiger partial charge in [0.25, 0.3) is 0 Å². The van der Waals surface area contributed by atoms with Crippen molar-refractivity contribution in [3.63, 3.8) is 0 Å². The summed E-state index contributed by atoms with van der Waals surface area (Å²) in [7, 11) is 0. The molecule has 1 heterocycles. The van der Waals surface area contributed by atoms with Crippen LogP contribution in [0.5, 0.6) is 0 Å². The van der Waals surface area contributed by atoms with Crippen molar-refractivity contribution in [3.8, 4) is 0 Å². The van der Waals surface area contributed by atoms with E-state index in [2.05, 4.69) is 21.2 Å². The van der Waals surface area contributed by atoms with E-state index < -0.39 is 0 Å². The predicted octanol–water partition coefficient (Wildman–Crippen LogP) is 3.93. The number of amides is 2. The molecule has 6 heteroatoms. The molecule has 0 unspecified atom stereocenters. The van der Waals surface area contributed by atoms with Crippen LogP contribution in [0.2, 0.25) is 0 Å². The van der Waals surface area contributed by atoms with Crippen LogP contribution in [0.25, 0.3) is 0 Å². The molecule has 1 N–H and O–H groups in total. The van der Waals surface area contributed by atoms with Gasteiger partial charge in [0.15, 0.2) is 0 Å². The van der Waals surface area contributed by atoms with Crippen LogP contribution in [-0.4, -0.2) is 29.8 Å². The summed E-state index contributed by atoms with van der Waals surface area (Å²) in [4.78, 5) is 26.4. The number of rotatable bonds is 5. The minimum atomic E-state index is -0.348. The first-order valence-electron chi connectivity index (χ1n) is 8.51. The number of anilines is 1. The van der Waals surface area contributed by atoms with E-state index >= 15 is 0 Å². The van der Waals surface area contributed by atoms with Crippen molar-refractivity contribution >= 4 is 33.4 Å². The van der Waals surface area contributed by atoms with Gasteiger partial charge in [0.05, 0.1) is 5.92 Å². The van der Waals surface area contributed by atoms with Gasteiger partial charge in [-0.25, -0.2) is 4.39 Å². The monoisotopic (exact) mass is 418 g/mol. The largest absolute Gasteiger partial charge is 0.342 e. The summed E-state index contributed by atoms with van der Waals surface area (Å²) in [6.45, 7) is 2.88. The second-order valence-corrected chi connectivity index (χ2v) is 7.48. The highest BCUT2D eigenvalue weighted by Crippen LogP contribution is 2.23. The predicted molar refractivity (Wildman–Crippen MR) is 102 cm³/mol. The Morgan fingerprint density at radius 2 is 2.00 bits per heavy atom. The maximum Gasteiger partial charge on any atom is 0.229 e. The Kier molecular flexibility index (Phi) is 5.71. The molecule has 0 radical (unpaired) electrons. The van der Waals surface area contributed by atoms with Crippen molar-refractivity contribution in [1.82, 2.24) is 4.90 Å². The molecule has 0 aromatic heterocycles. The average Bonchev–Trinajstić information content (AvgIpc) is 2.98. The van der Waals surface area contributed by atoms with Gasteiger partial charge < -0.3 is 10.2 Å². The average molecular weight is 419 g/mol. The summed E-state index contributed by atoms with van der Waals surface area (Å²) in [5.41, 5.74) is 2.69. The van der Waals surface area contributed by atoms with Crippen LogP contribution >= 0.6 is 15.9 Å². The van der Waals surface area contributed by atoms with Crippen molar-refractivity contribution in [2.45, 2.75) is 19.8 Å². The molecular weight excluding hydrogens is 399 g/mol. The van der Waals surface area contributed by atoms with Crippen LogP contribution in [0.15, 0.2) is 46.9 Å². The minimum absolute atomic E-state index is 0.0141. The summed E-state index contributed by atoms with van der Waals surface area (Å²) in [6, 6.07) is 11.9. The first-order valence-corrected chi connectivity index (χ1v) is 9.31. The Balaban J connectivity index is 1.56. The molecule has 0 saturated carbocycles. The van der Waals surface area contributed by atoms with Gasteiger partial charge in [-0.2, -0.15) is 0 Å². The van der Waals surface area contributed by atoms with Crippen LogP contribution < -0.4 is 5.32 Å². The molecule has 1 saturated heterocycles. The van der Waals surface area contributed by atoms with Crippen molar-refractivity contribution in [2.75, 3.05) is 18.4 Å². The number of hydrogen-bond donors (Lipinski definition) is 1. The number of nitrogens with one attached hydrogen (secondary N) is 1. The van der Waals surface area contributed by atoms with Crippen molar-refractivity contribution in [2.24, 2.45) is 5.92 Å². The van der Waals surface area contributed by atoms with E-state index in [-0.39, 0.29) is 30.0 Å². The van der Waals surface area contributed by atoms with E-state index in [0.29, 0.717) is 19.5 Å². The molecule has 0 bridgehead atoms. The Bertz CT molecular complexity index is 823. The number of likely N-dealkylation sites (tertiary alicyclic amines) is 1. The Hall–Kier alpha value is -2.21.